The normalized spacial score (nSPS) is 11.6. The van der Waals surface area contributed by atoms with E-state index in [1.54, 1.807) is 6.92 Å². The first-order valence-corrected chi connectivity index (χ1v) is 10.1. The van der Waals surface area contributed by atoms with Crippen LogP contribution in [0.25, 0.3) is 11.0 Å². The van der Waals surface area contributed by atoms with Gasteiger partial charge in [0.05, 0.1) is 11.0 Å². The van der Waals surface area contributed by atoms with Gasteiger partial charge in [-0.1, -0.05) is 42.1 Å². The second-order valence-electron chi connectivity index (χ2n) is 7.60. The maximum Gasteiger partial charge on any atom is 0.326 e. The van der Waals surface area contributed by atoms with E-state index in [4.69, 9.17) is 4.74 Å². The Balaban J connectivity index is 1.85. The number of Topliss-reactive ketones (excluding diaryl/α,β-unsaturated/α-hetero) is 1. The van der Waals surface area contributed by atoms with Gasteiger partial charge in [-0.3, -0.25) is 9.59 Å². The van der Waals surface area contributed by atoms with E-state index in [-0.39, 0.29) is 18.3 Å². The Morgan fingerprint density at radius 2 is 1.86 bits per heavy atom. The highest BCUT2D eigenvalue weighted by Crippen LogP contribution is 2.27. The molecule has 0 amide bonds. The van der Waals surface area contributed by atoms with Gasteiger partial charge in [-0.2, -0.15) is 0 Å². The molecule has 1 aromatic heterocycles. The summed E-state index contributed by atoms with van der Waals surface area (Å²) in [4.78, 5) is 28.7. The minimum Gasteiger partial charge on any atom is -0.459 e. The molecular weight excluding hydrogens is 372 g/mol. The molecule has 0 atom stereocenters. The fourth-order valence-corrected chi connectivity index (χ4v) is 3.80. The van der Waals surface area contributed by atoms with Crippen molar-refractivity contribution in [1.29, 1.82) is 0 Å². The molecule has 0 aliphatic heterocycles. The number of ether oxygens (including phenoxy) is 1. The molecule has 3 rings (SSSR count). The molecule has 0 radical (unpaired) electrons. The minimum atomic E-state index is -0.534. The van der Waals surface area contributed by atoms with Crippen LogP contribution in [0, 0.1) is 0 Å². The van der Waals surface area contributed by atoms with Gasteiger partial charge in [-0.15, -0.1) is 0 Å². The van der Waals surface area contributed by atoms with Gasteiger partial charge in [-0.25, -0.2) is 4.98 Å². The van der Waals surface area contributed by atoms with Gasteiger partial charge in [0.1, 0.15) is 12.1 Å². The Labute approximate surface area is 169 Å². The molecule has 0 saturated carbocycles. The lowest BCUT2D eigenvalue weighted by atomic mass is 10.1. The van der Waals surface area contributed by atoms with Gasteiger partial charge >= 0.3 is 5.97 Å². The van der Waals surface area contributed by atoms with E-state index >= 15 is 0 Å². The Morgan fingerprint density at radius 1 is 1.11 bits per heavy atom. The minimum absolute atomic E-state index is 0.0454. The van der Waals surface area contributed by atoms with Crippen molar-refractivity contribution in [2.45, 2.75) is 50.8 Å². The number of carbonyl (C=O) groups excluding carboxylic acids is 2. The van der Waals surface area contributed by atoms with E-state index in [1.165, 1.54) is 11.8 Å². The van der Waals surface area contributed by atoms with Gasteiger partial charge in [-0.05, 0) is 51.5 Å². The summed E-state index contributed by atoms with van der Waals surface area (Å²) in [5.74, 6) is 0.402. The fraction of sp³-hybridized carbons (Fsp3) is 0.318. The number of aromatic nitrogens is 2. The van der Waals surface area contributed by atoms with Crippen LogP contribution in [0.15, 0.2) is 53.7 Å². The Morgan fingerprint density at radius 3 is 2.57 bits per heavy atom. The van der Waals surface area contributed by atoms with Crippen LogP contribution in [0.2, 0.25) is 0 Å². The van der Waals surface area contributed by atoms with Crippen molar-refractivity contribution >= 4 is 34.5 Å². The topological polar surface area (TPSA) is 61.2 Å². The van der Waals surface area contributed by atoms with Crippen molar-refractivity contribution in [1.82, 2.24) is 9.55 Å². The standard InChI is InChI=1S/C22H24N2O3S/c1-15(25)17-9-7-8-16(12-17)14-28-21-23-18-10-5-6-11-19(18)24(21)13-20(26)27-22(2,3)4/h5-12H,13-14H2,1-4H3. The zero-order chi connectivity index (χ0) is 20.3. The summed E-state index contributed by atoms with van der Waals surface area (Å²) in [6.45, 7) is 7.23. The summed E-state index contributed by atoms with van der Waals surface area (Å²) in [5.41, 5.74) is 2.93. The third-order valence-electron chi connectivity index (χ3n) is 4.03. The fourth-order valence-electron chi connectivity index (χ4n) is 2.85. The quantitative estimate of drug-likeness (QED) is 0.338. The third kappa shape index (κ3) is 5.01. The molecular formula is C22H24N2O3S. The zero-order valence-corrected chi connectivity index (χ0v) is 17.4. The predicted molar refractivity (Wildman–Crippen MR) is 112 cm³/mol. The number of benzene rings is 2. The van der Waals surface area contributed by atoms with Gasteiger partial charge in [0.15, 0.2) is 10.9 Å². The molecule has 0 saturated heterocycles. The molecule has 2 aromatic carbocycles. The number of imidazole rings is 1. The monoisotopic (exact) mass is 396 g/mol. The average Bonchev–Trinajstić information content (AvgIpc) is 2.96. The van der Waals surface area contributed by atoms with Crippen LogP contribution in [0.1, 0.15) is 43.6 Å². The maximum absolute atomic E-state index is 12.4. The molecule has 0 aliphatic carbocycles. The van der Waals surface area contributed by atoms with Crippen molar-refractivity contribution in [2.75, 3.05) is 0 Å². The summed E-state index contributed by atoms with van der Waals surface area (Å²) in [6, 6.07) is 15.3. The number of para-hydroxylation sites is 2. The van der Waals surface area contributed by atoms with Gasteiger partial charge < -0.3 is 9.30 Å². The molecule has 1 heterocycles. The number of carbonyl (C=O) groups is 2. The molecule has 28 heavy (non-hydrogen) atoms. The molecule has 0 spiro atoms. The van der Waals surface area contributed by atoms with Crippen molar-refractivity contribution < 1.29 is 14.3 Å². The highest BCUT2D eigenvalue weighted by Gasteiger charge is 2.20. The number of rotatable bonds is 6. The predicted octanol–water partition coefficient (Wildman–Crippen LogP) is 4.87. The van der Waals surface area contributed by atoms with Crippen molar-refractivity contribution in [3.8, 4) is 0 Å². The highest BCUT2D eigenvalue weighted by molar-refractivity contribution is 7.98. The smallest absolute Gasteiger partial charge is 0.326 e. The number of ketones is 1. The highest BCUT2D eigenvalue weighted by atomic mass is 32.2. The molecule has 0 fully saturated rings. The zero-order valence-electron chi connectivity index (χ0n) is 16.6. The maximum atomic E-state index is 12.4. The van der Waals surface area contributed by atoms with Gasteiger partial charge in [0.25, 0.3) is 0 Å². The lowest BCUT2D eigenvalue weighted by Gasteiger charge is -2.20. The Hall–Kier alpha value is -2.60. The van der Waals surface area contributed by atoms with Crippen LogP contribution < -0.4 is 0 Å². The van der Waals surface area contributed by atoms with E-state index in [1.807, 2.05) is 73.9 Å². The lowest BCUT2D eigenvalue weighted by Crippen LogP contribution is -2.26. The van der Waals surface area contributed by atoms with Gasteiger partial charge in [0.2, 0.25) is 0 Å². The number of nitrogens with zero attached hydrogens (tertiary/aromatic N) is 2. The van der Waals surface area contributed by atoms with Crippen LogP contribution in [0.3, 0.4) is 0 Å². The van der Waals surface area contributed by atoms with E-state index in [2.05, 4.69) is 4.98 Å². The van der Waals surface area contributed by atoms with Crippen molar-refractivity contribution in [3.63, 3.8) is 0 Å². The second kappa shape index (κ2) is 8.19. The van der Waals surface area contributed by atoms with Crippen molar-refractivity contribution in [3.05, 3.63) is 59.7 Å². The second-order valence-corrected chi connectivity index (χ2v) is 8.54. The van der Waals surface area contributed by atoms with E-state index in [0.29, 0.717) is 11.3 Å². The molecule has 0 aliphatic rings. The number of hydrogen-bond acceptors (Lipinski definition) is 5. The van der Waals surface area contributed by atoms with E-state index in [0.717, 1.165) is 21.8 Å². The number of thioether (sulfide) groups is 1. The molecule has 0 N–H and O–H groups in total. The molecule has 0 bridgehead atoms. The first-order chi connectivity index (χ1) is 13.2. The molecule has 146 valence electrons. The Kier molecular flexibility index (Phi) is 5.89. The lowest BCUT2D eigenvalue weighted by molar-refractivity contribution is -0.155. The third-order valence-corrected chi connectivity index (χ3v) is 5.08. The van der Waals surface area contributed by atoms with Crippen LogP contribution >= 0.6 is 11.8 Å². The summed E-state index contributed by atoms with van der Waals surface area (Å²) in [5, 5.41) is 0.750. The Bertz CT molecular complexity index is 1020. The van der Waals surface area contributed by atoms with Crippen molar-refractivity contribution in [2.24, 2.45) is 0 Å². The van der Waals surface area contributed by atoms with Crippen LogP contribution in [-0.4, -0.2) is 26.9 Å². The summed E-state index contributed by atoms with van der Waals surface area (Å²) in [7, 11) is 0. The first kappa shape index (κ1) is 20.1. The van der Waals surface area contributed by atoms with E-state index < -0.39 is 5.60 Å². The summed E-state index contributed by atoms with van der Waals surface area (Å²) >= 11 is 1.54. The summed E-state index contributed by atoms with van der Waals surface area (Å²) in [6.07, 6.45) is 0. The average molecular weight is 397 g/mol. The van der Waals surface area contributed by atoms with Crippen LogP contribution in [-0.2, 0) is 21.8 Å². The summed E-state index contributed by atoms with van der Waals surface area (Å²) < 4.78 is 7.38. The number of esters is 1. The molecule has 6 heteroatoms. The van der Waals surface area contributed by atoms with E-state index in [9.17, 15) is 9.59 Å². The first-order valence-electron chi connectivity index (χ1n) is 9.13. The molecule has 3 aromatic rings. The van der Waals surface area contributed by atoms with Gasteiger partial charge in [0, 0.05) is 11.3 Å². The molecule has 0 unspecified atom stereocenters. The number of hydrogen-bond donors (Lipinski definition) is 0. The SMILES string of the molecule is CC(=O)c1cccc(CSc2nc3ccccc3n2CC(=O)OC(C)(C)C)c1. The van der Waals surface area contributed by atoms with Crippen LogP contribution in [0.4, 0.5) is 0 Å². The van der Waals surface area contributed by atoms with Crippen LogP contribution in [0.5, 0.6) is 0 Å². The molecule has 5 nitrogen and oxygen atoms in total. The number of fused-ring (bicyclic) bond motifs is 1. The largest absolute Gasteiger partial charge is 0.459 e.